The molecule has 1 fully saturated rings. The second-order valence-corrected chi connectivity index (χ2v) is 7.85. The highest BCUT2D eigenvalue weighted by Gasteiger charge is 2.23. The van der Waals surface area contributed by atoms with Crippen LogP contribution in [0.4, 0.5) is 5.69 Å². The van der Waals surface area contributed by atoms with Gasteiger partial charge in [-0.1, -0.05) is 57.7 Å². The molecule has 26 heavy (non-hydrogen) atoms. The number of carbonyl (C=O) groups is 2. The standard InChI is InChI=1S/C22H34N2O2/c1-16(2)20-13-9-10-17(3)22(20)23-21(26)14-15-24(18(4)25)19-11-7-5-6-8-12-19/h9-10,13,16,19H,5-8,11-12,14-15H2,1-4H3,(H,23,26). The highest BCUT2D eigenvalue weighted by atomic mass is 16.2. The molecule has 4 heteroatoms. The number of benzene rings is 1. The monoisotopic (exact) mass is 358 g/mol. The van der Waals surface area contributed by atoms with Crippen LogP contribution in [-0.4, -0.2) is 29.3 Å². The molecule has 0 bridgehead atoms. The van der Waals surface area contributed by atoms with Gasteiger partial charge in [0.1, 0.15) is 0 Å². The lowest BCUT2D eigenvalue weighted by molar-refractivity contribution is -0.131. The summed E-state index contributed by atoms with van der Waals surface area (Å²) in [7, 11) is 0. The molecule has 0 aromatic heterocycles. The topological polar surface area (TPSA) is 49.4 Å². The van der Waals surface area contributed by atoms with Gasteiger partial charge in [0, 0.05) is 31.6 Å². The van der Waals surface area contributed by atoms with Gasteiger partial charge in [0.25, 0.3) is 0 Å². The van der Waals surface area contributed by atoms with Crippen molar-refractivity contribution in [2.24, 2.45) is 0 Å². The average Bonchev–Trinajstić information content (AvgIpc) is 2.85. The summed E-state index contributed by atoms with van der Waals surface area (Å²) in [6.45, 7) is 8.42. The molecular formula is C22H34N2O2. The van der Waals surface area contributed by atoms with Gasteiger partial charge in [-0.3, -0.25) is 9.59 Å². The van der Waals surface area contributed by atoms with E-state index >= 15 is 0 Å². The Morgan fingerprint density at radius 3 is 2.38 bits per heavy atom. The van der Waals surface area contributed by atoms with Crippen LogP contribution in [0.25, 0.3) is 0 Å². The Balaban J connectivity index is 1.99. The SMILES string of the molecule is CC(=O)N(CCC(=O)Nc1c(C)cccc1C(C)C)C1CCCCCC1. The molecule has 4 nitrogen and oxygen atoms in total. The Morgan fingerprint density at radius 1 is 1.15 bits per heavy atom. The van der Waals surface area contributed by atoms with Gasteiger partial charge in [0.05, 0.1) is 0 Å². The number of anilines is 1. The summed E-state index contributed by atoms with van der Waals surface area (Å²) < 4.78 is 0. The maximum absolute atomic E-state index is 12.6. The largest absolute Gasteiger partial charge is 0.339 e. The predicted octanol–water partition coefficient (Wildman–Crippen LogP) is 5.02. The molecule has 0 atom stereocenters. The molecule has 1 aliphatic carbocycles. The number of aryl methyl sites for hydroxylation is 1. The Morgan fingerprint density at radius 2 is 1.81 bits per heavy atom. The molecule has 1 aromatic carbocycles. The first-order valence-electron chi connectivity index (χ1n) is 10.1. The van der Waals surface area contributed by atoms with Crippen LogP contribution >= 0.6 is 0 Å². The van der Waals surface area contributed by atoms with E-state index in [1.54, 1.807) is 6.92 Å². The zero-order valence-corrected chi connectivity index (χ0v) is 16.8. The van der Waals surface area contributed by atoms with Crippen LogP contribution in [0.2, 0.25) is 0 Å². The first-order chi connectivity index (χ1) is 12.4. The molecule has 1 aromatic rings. The number of hydrogen-bond donors (Lipinski definition) is 1. The van der Waals surface area contributed by atoms with E-state index in [1.807, 2.05) is 24.0 Å². The molecule has 2 rings (SSSR count). The molecule has 1 aliphatic rings. The Kier molecular flexibility index (Phi) is 7.67. The van der Waals surface area contributed by atoms with Gasteiger partial charge in [0.15, 0.2) is 0 Å². The summed E-state index contributed by atoms with van der Waals surface area (Å²) in [5, 5.41) is 3.09. The van der Waals surface area contributed by atoms with E-state index in [9.17, 15) is 9.59 Å². The van der Waals surface area contributed by atoms with Gasteiger partial charge < -0.3 is 10.2 Å². The number of nitrogens with one attached hydrogen (secondary N) is 1. The minimum Gasteiger partial charge on any atom is -0.339 e. The van der Waals surface area contributed by atoms with Crippen LogP contribution in [0.1, 0.15) is 82.8 Å². The summed E-state index contributed by atoms with van der Waals surface area (Å²) in [5.74, 6) is 0.425. The first-order valence-corrected chi connectivity index (χ1v) is 10.1. The van der Waals surface area contributed by atoms with Crippen molar-refractivity contribution in [3.05, 3.63) is 29.3 Å². The van der Waals surface area contributed by atoms with E-state index in [0.29, 0.717) is 24.9 Å². The van der Waals surface area contributed by atoms with E-state index < -0.39 is 0 Å². The van der Waals surface area contributed by atoms with E-state index in [0.717, 1.165) is 29.7 Å². The first kappa shape index (κ1) is 20.5. The second kappa shape index (κ2) is 9.75. The highest BCUT2D eigenvalue weighted by Crippen LogP contribution is 2.27. The van der Waals surface area contributed by atoms with Gasteiger partial charge >= 0.3 is 0 Å². The fraction of sp³-hybridized carbons (Fsp3) is 0.636. The molecule has 144 valence electrons. The summed E-state index contributed by atoms with van der Waals surface area (Å²) >= 11 is 0. The van der Waals surface area contributed by atoms with Crippen molar-refractivity contribution >= 4 is 17.5 Å². The molecule has 1 N–H and O–H groups in total. The summed E-state index contributed by atoms with van der Waals surface area (Å²) in [6.07, 6.45) is 7.36. The number of nitrogens with zero attached hydrogens (tertiary/aromatic N) is 1. The minimum absolute atomic E-state index is 0.0129. The van der Waals surface area contributed by atoms with Crippen LogP contribution in [-0.2, 0) is 9.59 Å². The van der Waals surface area contributed by atoms with Crippen molar-refractivity contribution in [1.29, 1.82) is 0 Å². The maximum Gasteiger partial charge on any atom is 0.226 e. The lowest BCUT2D eigenvalue weighted by Crippen LogP contribution is -2.40. The van der Waals surface area contributed by atoms with Gasteiger partial charge in [0.2, 0.25) is 11.8 Å². The summed E-state index contributed by atoms with van der Waals surface area (Å²) in [5.41, 5.74) is 3.17. The Hall–Kier alpha value is -1.84. The van der Waals surface area contributed by atoms with Crippen LogP contribution < -0.4 is 5.32 Å². The molecule has 0 heterocycles. The highest BCUT2D eigenvalue weighted by molar-refractivity contribution is 5.92. The van der Waals surface area contributed by atoms with Crippen LogP contribution in [0.3, 0.4) is 0 Å². The lowest BCUT2D eigenvalue weighted by Gasteiger charge is -2.30. The second-order valence-electron chi connectivity index (χ2n) is 7.85. The molecule has 0 spiro atoms. The van der Waals surface area contributed by atoms with Gasteiger partial charge in [-0.25, -0.2) is 0 Å². The third-order valence-electron chi connectivity index (χ3n) is 5.44. The maximum atomic E-state index is 12.6. The van der Waals surface area contributed by atoms with E-state index in [4.69, 9.17) is 0 Å². The molecule has 2 amide bonds. The number of carbonyl (C=O) groups excluding carboxylic acids is 2. The third kappa shape index (κ3) is 5.58. The number of rotatable bonds is 6. The van der Waals surface area contributed by atoms with Crippen LogP contribution in [0.15, 0.2) is 18.2 Å². The average molecular weight is 359 g/mol. The smallest absolute Gasteiger partial charge is 0.226 e. The van der Waals surface area contributed by atoms with Crippen molar-refractivity contribution < 1.29 is 9.59 Å². The number of amides is 2. The molecule has 0 unspecified atom stereocenters. The van der Waals surface area contributed by atoms with E-state index in [1.165, 1.54) is 25.7 Å². The lowest BCUT2D eigenvalue weighted by atomic mass is 9.98. The Bertz CT molecular complexity index is 617. The Labute approximate surface area is 158 Å². The van der Waals surface area contributed by atoms with Gasteiger partial charge in [-0.05, 0) is 36.8 Å². The quantitative estimate of drug-likeness (QED) is 0.726. The summed E-state index contributed by atoms with van der Waals surface area (Å²) in [4.78, 5) is 26.6. The minimum atomic E-state index is -0.0129. The molecule has 0 radical (unpaired) electrons. The fourth-order valence-electron chi connectivity index (χ4n) is 3.93. The molecular weight excluding hydrogens is 324 g/mol. The van der Waals surface area contributed by atoms with Crippen molar-refractivity contribution in [2.45, 2.75) is 84.6 Å². The predicted molar refractivity (Wildman–Crippen MR) is 107 cm³/mol. The van der Waals surface area contributed by atoms with Crippen molar-refractivity contribution in [3.8, 4) is 0 Å². The number of para-hydroxylation sites is 1. The third-order valence-corrected chi connectivity index (χ3v) is 5.44. The van der Waals surface area contributed by atoms with E-state index in [2.05, 4.69) is 25.2 Å². The molecule has 0 aliphatic heterocycles. The normalized spacial score (nSPS) is 15.6. The molecule has 1 saturated carbocycles. The van der Waals surface area contributed by atoms with Crippen molar-refractivity contribution in [1.82, 2.24) is 4.90 Å². The van der Waals surface area contributed by atoms with E-state index in [-0.39, 0.29) is 11.8 Å². The zero-order valence-electron chi connectivity index (χ0n) is 16.8. The molecule has 0 saturated heterocycles. The summed E-state index contributed by atoms with van der Waals surface area (Å²) in [6, 6.07) is 6.42. The van der Waals surface area contributed by atoms with Gasteiger partial charge in [-0.2, -0.15) is 0 Å². The zero-order chi connectivity index (χ0) is 19.1. The fourth-order valence-corrected chi connectivity index (χ4v) is 3.93. The van der Waals surface area contributed by atoms with Crippen LogP contribution in [0, 0.1) is 6.92 Å². The van der Waals surface area contributed by atoms with Gasteiger partial charge in [-0.15, -0.1) is 0 Å². The van der Waals surface area contributed by atoms with Crippen LogP contribution in [0.5, 0.6) is 0 Å². The van der Waals surface area contributed by atoms with Crippen molar-refractivity contribution in [3.63, 3.8) is 0 Å². The number of hydrogen-bond acceptors (Lipinski definition) is 2. The van der Waals surface area contributed by atoms with Crippen molar-refractivity contribution in [2.75, 3.05) is 11.9 Å².